The van der Waals surface area contributed by atoms with E-state index in [2.05, 4.69) is 30.0 Å². The molecule has 2 nitrogen and oxygen atoms in total. The minimum atomic E-state index is 0.723. The summed E-state index contributed by atoms with van der Waals surface area (Å²) in [6.45, 7) is 3.33. The molecular weight excluding hydrogens is 210 g/mol. The van der Waals surface area contributed by atoms with Crippen molar-refractivity contribution in [2.75, 3.05) is 18.6 Å². The van der Waals surface area contributed by atoms with Crippen molar-refractivity contribution in [2.24, 2.45) is 0 Å². The second-order valence-corrected chi connectivity index (χ2v) is 4.78. The Morgan fingerprint density at radius 2 is 2.00 bits per heavy atom. The Bertz CT molecular complexity index is 345. The quantitative estimate of drug-likeness (QED) is 0.783. The zero-order valence-corrected chi connectivity index (χ0v) is 11.0. The lowest BCUT2D eigenvalue weighted by atomic mass is 9.94. The van der Waals surface area contributed by atoms with Gasteiger partial charge in [-0.3, -0.25) is 0 Å². The van der Waals surface area contributed by atoms with Crippen LogP contribution in [-0.2, 0) is 0 Å². The number of methoxy groups -OCH3 is 1. The van der Waals surface area contributed by atoms with E-state index in [9.17, 15) is 0 Å². The van der Waals surface area contributed by atoms with Crippen LogP contribution in [0.25, 0.3) is 0 Å². The average molecular weight is 233 g/mol. The molecule has 0 bridgehead atoms. The molecule has 0 N–H and O–H groups in total. The zero-order valence-electron chi connectivity index (χ0n) is 11.0. The highest BCUT2D eigenvalue weighted by molar-refractivity contribution is 5.51. The van der Waals surface area contributed by atoms with Crippen molar-refractivity contribution < 1.29 is 4.74 Å². The lowest BCUT2D eigenvalue weighted by Crippen LogP contribution is -2.36. The van der Waals surface area contributed by atoms with Crippen molar-refractivity contribution in [3.8, 4) is 5.75 Å². The standard InChI is InChI=1S/C15H23NO/c1-3-16(13-8-5-4-6-9-13)14-10-7-11-15(12-14)17-2/h7,10-13H,3-6,8-9H2,1-2H3. The van der Waals surface area contributed by atoms with Crippen LogP contribution in [0, 0.1) is 0 Å². The summed E-state index contributed by atoms with van der Waals surface area (Å²) in [4.78, 5) is 2.53. The van der Waals surface area contributed by atoms with Crippen LogP contribution in [0.1, 0.15) is 39.0 Å². The third-order valence-electron chi connectivity index (χ3n) is 3.74. The van der Waals surface area contributed by atoms with Crippen LogP contribution in [0.2, 0.25) is 0 Å². The van der Waals surface area contributed by atoms with Gasteiger partial charge in [-0.05, 0) is 31.9 Å². The van der Waals surface area contributed by atoms with Crippen LogP contribution < -0.4 is 9.64 Å². The van der Waals surface area contributed by atoms with E-state index in [0.717, 1.165) is 18.3 Å². The molecule has 94 valence electrons. The molecule has 0 aromatic heterocycles. The van der Waals surface area contributed by atoms with Gasteiger partial charge in [-0.2, -0.15) is 0 Å². The first-order valence-electron chi connectivity index (χ1n) is 6.76. The molecule has 0 radical (unpaired) electrons. The number of benzene rings is 1. The van der Waals surface area contributed by atoms with E-state index in [1.54, 1.807) is 7.11 Å². The van der Waals surface area contributed by atoms with Gasteiger partial charge in [0.1, 0.15) is 5.75 Å². The maximum absolute atomic E-state index is 5.31. The van der Waals surface area contributed by atoms with Gasteiger partial charge in [0, 0.05) is 24.3 Å². The van der Waals surface area contributed by atoms with E-state index in [0.29, 0.717) is 0 Å². The fraction of sp³-hybridized carbons (Fsp3) is 0.600. The molecule has 0 saturated heterocycles. The van der Waals surface area contributed by atoms with Crippen LogP contribution in [-0.4, -0.2) is 19.7 Å². The summed E-state index contributed by atoms with van der Waals surface area (Å²) >= 11 is 0. The van der Waals surface area contributed by atoms with Gasteiger partial charge in [0.15, 0.2) is 0 Å². The van der Waals surface area contributed by atoms with Gasteiger partial charge in [0.05, 0.1) is 7.11 Å². The van der Waals surface area contributed by atoms with Crippen molar-refractivity contribution in [1.82, 2.24) is 0 Å². The Balaban J connectivity index is 2.15. The summed E-state index contributed by atoms with van der Waals surface area (Å²) < 4.78 is 5.31. The first-order chi connectivity index (χ1) is 8.35. The number of anilines is 1. The minimum Gasteiger partial charge on any atom is -0.497 e. The van der Waals surface area contributed by atoms with Gasteiger partial charge < -0.3 is 9.64 Å². The number of nitrogens with zero attached hydrogens (tertiary/aromatic N) is 1. The van der Waals surface area contributed by atoms with E-state index in [1.165, 1.54) is 37.8 Å². The molecule has 1 fully saturated rings. The molecule has 0 aliphatic heterocycles. The van der Waals surface area contributed by atoms with Crippen molar-refractivity contribution >= 4 is 5.69 Å². The van der Waals surface area contributed by atoms with Gasteiger partial charge in [-0.15, -0.1) is 0 Å². The third kappa shape index (κ3) is 2.93. The first kappa shape index (κ1) is 12.3. The Hall–Kier alpha value is -1.18. The van der Waals surface area contributed by atoms with Gasteiger partial charge in [0.2, 0.25) is 0 Å². The van der Waals surface area contributed by atoms with Gasteiger partial charge in [0.25, 0.3) is 0 Å². The lowest BCUT2D eigenvalue weighted by Gasteiger charge is -2.35. The molecule has 1 aliphatic carbocycles. The first-order valence-corrected chi connectivity index (χ1v) is 6.76. The van der Waals surface area contributed by atoms with E-state index in [4.69, 9.17) is 4.74 Å². The van der Waals surface area contributed by atoms with E-state index >= 15 is 0 Å². The largest absolute Gasteiger partial charge is 0.497 e. The Kier molecular flexibility index (Phi) is 4.29. The van der Waals surface area contributed by atoms with Crippen LogP contribution in [0.5, 0.6) is 5.75 Å². The van der Waals surface area contributed by atoms with Crippen LogP contribution >= 0.6 is 0 Å². The van der Waals surface area contributed by atoms with Crippen molar-refractivity contribution in [1.29, 1.82) is 0 Å². The molecular formula is C15H23NO. The SMILES string of the molecule is CCN(c1cccc(OC)c1)C1CCCCC1. The predicted molar refractivity (Wildman–Crippen MR) is 72.9 cm³/mol. The number of hydrogen-bond donors (Lipinski definition) is 0. The van der Waals surface area contributed by atoms with E-state index < -0.39 is 0 Å². The topological polar surface area (TPSA) is 12.5 Å². The van der Waals surface area contributed by atoms with E-state index in [-0.39, 0.29) is 0 Å². The highest BCUT2D eigenvalue weighted by Gasteiger charge is 2.20. The molecule has 1 aliphatic rings. The summed E-state index contributed by atoms with van der Waals surface area (Å²) in [5.41, 5.74) is 1.30. The molecule has 0 spiro atoms. The van der Waals surface area contributed by atoms with Crippen molar-refractivity contribution in [3.05, 3.63) is 24.3 Å². The summed E-state index contributed by atoms with van der Waals surface area (Å²) in [6.07, 6.45) is 6.85. The smallest absolute Gasteiger partial charge is 0.120 e. The molecule has 17 heavy (non-hydrogen) atoms. The molecule has 0 heterocycles. The Morgan fingerprint density at radius 1 is 1.24 bits per heavy atom. The van der Waals surface area contributed by atoms with Crippen LogP contribution in [0.3, 0.4) is 0 Å². The fourth-order valence-corrected chi connectivity index (χ4v) is 2.83. The fourth-order valence-electron chi connectivity index (χ4n) is 2.83. The van der Waals surface area contributed by atoms with Gasteiger partial charge in [-0.1, -0.05) is 25.3 Å². The molecule has 0 unspecified atom stereocenters. The molecule has 1 aromatic carbocycles. The highest BCUT2D eigenvalue weighted by atomic mass is 16.5. The monoisotopic (exact) mass is 233 g/mol. The summed E-state index contributed by atoms with van der Waals surface area (Å²) in [6, 6.07) is 9.16. The minimum absolute atomic E-state index is 0.723. The molecule has 0 amide bonds. The third-order valence-corrected chi connectivity index (χ3v) is 3.74. The molecule has 0 atom stereocenters. The lowest BCUT2D eigenvalue weighted by molar-refractivity contribution is 0.409. The summed E-state index contributed by atoms with van der Waals surface area (Å²) in [5.74, 6) is 0.955. The predicted octanol–water partition coefficient (Wildman–Crippen LogP) is 3.85. The van der Waals surface area contributed by atoms with Gasteiger partial charge >= 0.3 is 0 Å². The number of rotatable bonds is 4. The van der Waals surface area contributed by atoms with Crippen molar-refractivity contribution in [3.63, 3.8) is 0 Å². The normalized spacial score (nSPS) is 16.8. The number of hydrogen-bond acceptors (Lipinski definition) is 2. The zero-order chi connectivity index (χ0) is 12.1. The highest BCUT2D eigenvalue weighted by Crippen LogP contribution is 2.29. The summed E-state index contributed by atoms with van der Waals surface area (Å²) in [7, 11) is 1.73. The average Bonchev–Trinajstić information content (AvgIpc) is 2.41. The molecule has 1 aromatic rings. The summed E-state index contributed by atoms with van der Waals surface area (Å²) in [5, 5.41) is 0. The van der Waals surface area contributed by atoms with Crippen molar-refractivity contribution in [2.45, 2.75) is 45.1 Å². The van der Waals surface area contributed by atoms with Crippen LogP contribution in [0.4, 0.5) is 5.69 Å². The van der Waals surface area contributed by atoms with Gasteiger partial charge in [-0.25, -0.2) is 0 Å². The maximum Gasteiger partial charge on any atom is 0.120 e. The molecule has 2 heteroatoms. The van der Waals surface area contributed by atoms with Crippen LogP contribution in [0.15, 0.2) is 24.3 Å². The molecule has 1 saturated carbocycles. The second kappa shape index (κ2) is 5.95. The number of ether oxygens (including phenoxy) is 1. The molecule has 2 rings (SSSR count). The Morgan fingerprint density at radius 3 is 2.65 bits per heavy atom. The Labute approximate surface area is 105 Å². The van der Waals surface area contributed by atoms with E-state index in [1.807, 2.05) is 6.07 Å². The maximum atomic E-state index is 5.31. The second-order valence-electron chi connectivity index (χ2n) is 4.78.